The van der Waals surface area contributed by atoms with Gasteiger partial charge in [0.2, 0.25) is 0 Å². The SMILES string of the molecule is CC1(S(=O)(=O)O)CCc2ccccc2C1=O. The maximum Gasteiger partial charge on any atom is 0.278 e. The van der Waals surface area contributed by atoms with Crippen LogP contribution in [0.5, 0.6) is 0 Å². The molecule has 1 aromatic carbocycles. The Bertz CT molecular complexity index is 547. The summed E-state index contributed by atoms with van der Waals surface area (Å²) in [6.45, 7) is 1.28. The molecule has 1 atom stereocenters. The summed E-state index contributed by atoms with van der Waals surface area (Å²) < 4.78 is 30.0. The zero-order valence-corrected chi connectivity index (χ0v) is 9.62. The summed E-state index contributed by atoms with van der Waals surface area (Å²) in [6, 6.07) is 6.89. The van der Waals surface area contributed by atoms with Gasteiger partial charge in [0, 0.05) is 5.56 Å². The molecule has 0 amide bonds. The van der Waals surface area contributed by atoms with Gasteiger partial charge >= 0.3 is 0 Å². The van der Waals surface area contributed by atoms with Crippen molar-refractivity contribution in [2.45, 2.75) is 24.5 Å². The fourth-order valence-corrected chi connectivity index (χ4v) is 2.68. The van der Waals surface area contributed by atoms with Gasteiger partial charge in [0.25, 0.3) is 10.1 Å². The van der Waals surface area contributed by atoms with Crippen LogP contribution in [0.25, 0.3) is 0 Å². The first kappa shape index (κ1) is 11.3. The maximum atomic E-state index is 12.0. The molecule has 86 valence electrons. The van der Waals surface area contributed by atoms with Crippen LogP contribution in [0.3, 0.4) is 0 Å². The van der Waals surface area contributed by atoms with Gasteiger partial charge in [-0.25, -0.2) is 0 Å². The fraction of sp³-hybridized carbons (Fsp3) is 0.364. The first-order chi connectivity index (χ1) is 7.36. The Morgan fingerprint density at radius 1 is 1.31 bits per heavy atom. The predicted molar refractivity (Wildman–Crippen MR) is 59.0 cm³/mol. The molecule has 4 nitrogen and oxygen atoms in total. The second-order valence-electron chi connectivity index (χ2n) is 4.19. The van der Waals surface area contributed by atoms with Crippen LogP contribution >= 0.6 is 0 Å². The van der Waals surface area contributed by atoms with Crippen molar-refractivity contribution in [3.05, 3.63) is 35.4 Å². The normalized spacial score (nSPS) is 25.2. The Hall–Kier alpha value is -1.20. The highest BCUT2D eigenvalue weighted by atomic mass is 32.2. The number of aryl methyl sites for hydroxylation is 1. The van der Waals surface area contributed by atoms with Crippen molar-refractivity contribution in [1.82, 2.24) is 0 Å². The van der Waals surface area contributed by atoms with Crippen LogP contribution in [-0.4, -0.2) is 23.5 Å². The number of hydrogen-bond donors (Lipinski definition) is 1. The standard InChI is InChI=1S/C11H12O4S/c1-11(16(13,14)15)7-6-8-4-2-3-5-9(8)10(11)12/h2-5H,6-7H2,1H3,(H,13,14,15). The molecule has 1 unspecified atom stereocenters. The Balaban J connectivity index is 2.59. The first-order valence-corrected chi connectivity index (χ1v) is 6.40. The van der Waals surface area contributed by atoms with Gasteiger partial charge in [0.05, 0.1) is 0 Å². The van der Waals surface area contributed by atoms with E-state index in [1.165, 1.54) is 6.92 Å². The van der Waals surface area contributed by atoms with Crippen molar-refractivity contribution >= 4 is 15.9 Å². The molecule has 1 aromatic rings. The number of Topliss-reactive ketones (excluding diaryl/α,β-unsaturated/α-hetero) is 1. The second-order valence-corrected chi connectivity index (χ2v) is 6.04. The van der Waals surface area contributed by atoms with E-state index in [1.807, 2.05) is 6.07 Å². The monoisotopic (exact) mass is 240 g/mol. The molecule has 1 aliphatic rings. The van der Waals surface area contributed by atoms with Crippen molar-refractivity contribution in [3.63, 3.8) is 0 Å². The summed E-state index contributed by atoms with van der Waals surface area (Å²) in [7, 11) is -4.37. The van der Waals surface area contributed by atoms with Gasteiger partial charge < -0.3 is 0 Å². The zero-order valence-electron chi connectivity index (χ0n) is 8.80. The second kappa shape index (κ2) is 3.40. The average Bonchev–Trinajstić information content (AvgIpc) is 2.22. The summed E-state index contributed by atoms with van der Waals surface area (Å²) in [5.74, 6) is -0.517. The minimum absolute atomic E-state index is 0.127. The number of hydrogen-bond acceptors (Lipinski definition) is 3. The van der Waals surface area contributed by atoms with Crippen molar-refractivity contribution < 1.29 is 17.8 Å². The lowest BCUT2D eigenvalue weighted by molar-refractivity contribution is 0.0926. The zero-order chi connectivity index (χ0) is 12.0. The Morgan fingerprint density at radius 3 is 2.56 bits per heavy atom. The third-order valence-electron chi connectivity index (χ3n) is 3.18. The van der Waals surface area contributed by atoms with E-state index >= 15 is 0 Å². The molecule has 0 fully saturated rings. The Morgan fingerprint density at radius 2 is 1.94 bits per heavy atom. The summed E-state index contributed by atoms with van der Waals surface area (Å²) in [5.41, 5.74) is 1.24. The predicted octanol–water partition coefficient (Wildman–Crippen LogP) is 1.46. The molecule has 0 spiro atoms. The van der Waals surface area contributed by atoms with Crippen molar-refractivity contribution in [2.75, 3.05) is 0 Å². The molecule has 0 aliphatic heterocycles. The Labute approximate surface area is 94.0 Å². The van der Waals surface area contributed by atoms with E-state index in [-0.39, 0.29) is 6.42 Å². The molecule has 0 bridgehead atoms. The molecule has 0 saturated heterocycles. The fourth-order valence-electron chi connectivity index (χ4n) is 1.98. The highest BCUT2D eigenvalue weighted by Gasteiger charge is 2.48. The third kappa shape index (κ3) is 1.47. The molecule has 0 saturated carbocycles. The van der Waals surface area contributed by atoms with Gasteiger partial charge in [0.15, 0.2) is 10.5 Å². The van der Waals surface area contributed by atoms with Gasteiger partial charge in [-0.1, -0.05) is 24.3 Å². The topological polar surface area (TPSA) is 71.4 Å². The molecule has 0 heterocycles. The minimum Gasteiger partial charge on any atom is -0.292 e. The smallest absolute Gasteiger partial charge is 0.278 e. The van der Waals surface area contributed by atoms with Gasteiger partial charge in [-0.2, -0.15) is 8.42 Å². The van der Waals surface area contributed by atoms with Gasteiger partial charge in [-0.15, -0.1) is 0 Å². The number of carbonyl (C=O) groups is 1. The van der Waals surface area contributed by atoms with Crippen molar-refractivity contribution in [3.8, 4) is 0 Å². The third-order valence-corrected chi connectivity index (χ3v) is 4.71. The molecule has 0 radical (unpaired) electrons. The van der Waals surface area contributed by atoms with E-state index in [9.17, 15) is 13.2 Å². The number of benzene rings is 1. The number of fused-ring (bicyclic) bond motifs is 1. The highest BCUT2D eigenvalue weighted by Crippen LogP contribution is 2.33. The molecule has 1 N–H and O–H groups in total. The molecule has 1 aliphatic carbocycles. The van der Waals surface area contributed by atoms with E-state index in [0.29, 0.717) is 12.0 Å². The largest absolute Gasteiger partial charge is 0.292 e. The highest BCUT2D eigenvalue weighted by molar-refractivity contribution is 7.88. The number of rotatable bonds is 1. The minimum atomic E-state index is -4.37. The number of ketones is 1. The van der Waals surface area contributed by atoms with Crippen LogP contribution in [0.1, 0.15) is 29.3 Å². The van der Waals surface area contributed by atoms with Crippen LogP contribution < -0.4 is 0 Å². The molecular weight excluding hydrogens is 228 g/mol. The molecule has 16 heavy (non-hydrogen) atoms. The van der Waals surface area contributed by atoms with Gasteiger partial charge in [-0.3, -0.25) is 9.35 Å². The lowest BCUT2D eigenvalue weighted by Crippen LogP contribution is -2.46. The summed E-state index contributed by atoms with van der Waals surface area (Å²) in [6.07, 6.45) is 0.611. The van der Waals surface area contributed by atoms with Gasteiger partial charge in [-0.05, 0) is 25.3 Å². The van der Waals surface area contributed by atoms with E-state index < -0.39 is 20.6 Å². The molecule has 0 aromatic heterocycles. The van der Waals surface area contributed by atoms with E-state index in [2.05, 4.69) is 0 Å². The lowest BCUT2D eigenvalue weighted by atomic mass is 9.83. The first-order valence-electron chi connectivity index (χ1n) is 4.96. The van der Waals surface area contributed by atoms with E-state index in [0.717, 1.165) is 5.56 Å². The van der Waals surface area contributed by atoms with Crippen LogP contribution in [-0.2, 0) is 16.5 Å². The van der Waals surface area contributed by atoms with E-state index in [1.54, 1.807) is 18.2 Å². The van der Waals surface area contributed by atoms with Crippen LogP contribution in [0.2, 0.25) is 0 Å². The summed E-state index contributed by atoms with van der Waals surface area (Å²) >= 11 is 0. The van der Waals surface area contributed by atoms with Crippen LogP contribution in [0.4, 0.5) is 0 Å². The molecule has 2 rings (SSSR count). The summed E-state index contributed by atoms with van der Waals surface area (Å²) in [5, 5.41) is 0. The van der Waals surface area contributed by atoms with Crippen molar-refractivity contribution in [1.29, 1.82) is 0 Å². The van der Waals surface area contributed by atoms with Crippen molar-refractivity contribution in [2.24, 2.45) is 0 Å². The molecular formula is C11H12O4S. The van der Waals surface area contributed by atoms with Crippen LogP contribution in [0.15, 0.2) is 24.3 Å². The number of carbonyl (C=O) groups excluding carboxylic acids is 1. The van der Waals surface area contributed by atoms with Crippen LogP contribution in [0, 0.1) is 0 Å². The lowest BCUT2D eigenvalue weighted by Gasteiger charge is -2.30. The maximum absolute atomic E-state index is 12.0. The Kier molecular flexibility index (Phi) is 2.40. The van der Waals surface area contributed by atoms with Gasteiger partial charge in [0.1, 0.15) is 0 Å². The molecule has 5 heteroatoms. The summed E-state index contributed by atoms with van der Waals surface area (Å²) in [4.78, 5) is 12.0. The van der Waals surface area contributed by atoms with E-state index in [4.69, 9.17) is 4.55 Å². The average molecular weight is 240 g/mol. The quantitative estimate of drug-likeness (QED) is 0.754.